The summed E-state index contributed by atoms with van der Waals surface area (Å²) in [5.41, 5.74) is -0.496. The summed E-state index contributed by atoms with van der Waals surface area (Å²) in [5, 5.41) is 21.1. The van der Waals surface area contributed by atoms with Crippen LogP contribution < -0.4 is 5.32 Å². The fourth-order valence-electron chi connectivity index (χ4n) is 3.07. The number of nitrogens with one attached hydrogen (secondary N) is 1. The van der Waals surface area contributed by atoms with Gasteiger partial charge in [0.25, 0.3) is 5.91 Å². The van der Waals surface area contributed by atoms with Crippen LogP contribution in [0, 0.1) is 29.6 Å². The molecular formula is C21H16F3NO5. The molecule has 0 saturated carbocycles. The van der Waals surface area contributed by atoms with Crippen LogP contribution in [0.5, 0.6) is 0 Å². The van der Waals surface area contributed by atoms with Gasteiger partial charge in [-0.25, -0.2) is 0 Å². The van der Waals surface area contributed by atoms with Crippen LogP contribution in [-0.2, 0) is 20.5 Å². The first-order chi connectivity index (χ1) is 14.2. The fraction of sp³-hybridized carbons (Fsp3) is 0.333. The zero-order valence-electron chi connectivity index (χ0n) is 15.4. The number of hydrogen-bond donors (Lipinski definition) is 3. The number of rotatable bonds is 2. The zero-order valence-corrected chi connectivity index (χ0v) is 15.4. The Bertz CT molecular complexity index is 992. The third-order valence-corrected chi connectivity index (χ3v) is 4.64. The van der Waals surface area contributed by atoms with Gasteiger partial charge in [-0.3, -0.25) is 14.9 Å². The average molecular weight is 419 g/mol. The van der Waals surface area contributed by atoms with Crippen molar-refractivity contribution in [1.29, 1.82) is 0 Å². The lowest BCUT2D eigenvalue weighted by Gasteiger charge is -2.23. The fourth-order valence-corrected chi connectivity index (χ4v) is 3.07. The number of aliphatic hydroxyl groups excluding tert-OH is 2. The minimum atomic E-state index is -4.43. The Morgan fingerprint density at radius 2 is 1.80 bits per heavy atom. The molecule has 156 valence electrons. The average Bonchev–Trinajstić information content (AvgIpc) is 3.06. The number of ether oxygens (including phenoxy) is 1. The van der Waals surface area contributed by atoms with Gasteiger partial charge in [0, 0.05) is 12.0 Å². The summed E-state index contributed by atoms with van der Waals surface area (Å²) in [6, 6.07) is 4.22. The van der Waals surface area contributed by atoms with Crippen LogP contribution in [0.15, 0.2) is 35.9 Å². The lowest BCUT2D eigenvalue weighted by atomic mass is 9.92. The summed E-state index contributed by atoms with van der Waals surface area (Å²) in [6.45, 7) is -0.402. The van der Waals surface area contributed by atoms with Gasteiger partial charge in [-0.1, -0.05) is 5.92 Å². The summed E-state index contributed by atoms with van der Waals surface area (Å²) in [5.74, 6) is 7.77. The number of alkyl halides is 3. The number of aliphatic hydroxyl groups is 2. The van der Waals surface area contributed by atoms with Gasteiger partial charge in [0.15, 0.2) is 0 Å². The van der Waals surface area contributed by atoms with E-state index in [1.807, 2.05) is 0 Å². The normalized spacial score (nSPS) is 26.1. The molecule has 9 heteroatoms. The molecule has 0 aromatic heterocycles. The van der Waals surface area contributed by atoms with Crippen LogP contribution in [0.3, 0.4) is 0 Å². The van der Waals surface area contributed by atoms with Crippen LogP contribution in [0.1, 0.15) is 17.5 Å². The number of carbonyl (C=O) groups is 2. The van der Waals surface area contributed by atoms with Crippen LogP contribution in [0.4, 0.5) is 13.2 Å². The molecule has 1 aromatic carbocycles. The molecule has 2 aliphatic heterocycles. The van der Waals surface area contributed by atoms with Crippen molar-refractivity contribution < 1.29 is 37.7 Å². The van der Waals surface area contributed by atoms with E-state index in [4.69, 9.17) is 9.84 Å². The van der Waals surface area contributed by atoms with Crippen LogP contribution in [0.2, 0.25) is 0 Å². The minimum Gasteiger partial charge on any atom is -0.394 e. The quantitative estimate of drug-likeness (QED) is 0.486. The predicted octanol–water partition coefficient (Wildman–Crippen LogP) is 0.770. The smallest absolute Gasteiger partial charge is 0.394 e. The van der Waals surface area contributed by atoms with Crippen molar-refractivity contribution >= 4 is 11.8 Å². The number of carbonyl (C=O) groups excluding carboxylic acids is 2. The molecule has 2 heterocycles. The highest BCUT2D eigenvalue weighted by Gasteiger charge is 2.42. The topological polar surface area (TPSA) is 95.9 Å². The molecule has 4 atom stereocenters. The van der Waals surface area contributed by atoms with Gasteiger partial charge >= 0.3 is 6.18 Å². The molecular weight excluding hydrogens is 403 g/mol. The van der Waals surface area contributed by atoms with Gasteiger partial charge in [0.2, 0.25) is 5.91 Å². The summed E-state index contributed by atoms with van der Waals surface area (Å²) >= 11 is 0. The van der Waals surface area contributed by atoms with Gasteiger partial charge in [0.1, 0.15) is 6.10 Å². The first kappa shape index (κ1) is 21.6. The highest BCUT2D eigenvalue weighted by molar-refractivity contribution is 6.11. The first-order valence-electron chi connectivity index (χ1n) is 8.89. The van der Waals surface area contributed by atoms with E-state index in [0.29, 0.717) is 5.56 Å². The number of benzene rings is 1. The number of hydrogen-bond acceptors (Lipinski definition) is 5. The maximum Gasteiger partial charge on any atom is 0.416 e. The third-order valence-electron chi connectivity index (χ3n) is 4.64. The number of amides is 2. The Morgan fingerprint density at radius 3 is 2.40 bits per heavy atom. The number of halogens is 3. The van der Waals surface area contributed by atoms with Crippen LogP contribution in [-0.4, -0.2) is 46.9 Å². The monoisotopic (exact) mass is 419 g/mol. The van der Waals surface area contributed by atoms with Crippen LogP contribution >= 0.6 is 0 Å². The molecule has 2 amide bonds. The second-order valence-corrected chi connectivity index (χ2v) is 6.70. The van der Waals surface area contributed by atoms with Crippen molar-refractivity contribution in [2.24, 2.45) is 5.92 Å². The molecule has 3 N–H and O–H groups in total. The molecule has 1 fully saturated rings. The zero-order chi connectivity index (χ0) is 21.9. The van der Waals surface area contributed by atoms with E-state index in [0.717, 1.165) is 12.1 Å². The first-order valence-corrected chi connectivity index (χ1v) is 8.89. The second-order valence-electron chi connectivity index (χ2n) is 6.70. The standard InChI is InChI=1S/C21H16F3NO5/c22-21(23,24)14-7-5-12(6-8-14)3-1-2-4-13-9-15(20(29)25-19(13)28)17-10-16(27)18(11-26)30-17/h5-9,15-18,26-27H,10-11H2,(H,25,28,29). The highest BCUT2D eigenvalue weighted by atomic mass is 19.4. The maximum absolute atomic E-state index is 12.5. The van der Waals surface area contributed by atoms with Crippen molar-refractivity contribution in [3.05, 3.63) is 47.0 Å². The van der Waals surface area contributed by atoms with Crippen molar-refractivity contribution in [2.75, 3.05) is 6.61 Å². The van der Waals surface area contributed by atoms with E-state index >= 15 is 0 Å². The summed E-state index contributed by atoms with van der Waals surface area (Å²) in [6.07, 6.45) is -5.45. The van der Waals surface area contributed by atoms with Gasteiger partial charge in [-0.2, -0.15) is 13.2 Å². The van der Waals surface area contributed by atoms with Gasteiger partial charge in [-0.15, -0.1) is 0 Å². The molecule has 0 radical (unpaired) electrons. The summed E-state index contributed by atoms with van der Waals surface area (Å²) < 4.78 is 43.1. The van der Waals surface area contributed by atoms with Crippen molar-refractivity contribution in [3.8, 4) is 23.7 Å². The maximum atomic E-state index is 12.5. The predicted molar refractivity (Wildman–Crippen MR) is 97.2 cm³/mol. The Hall–Kier alpha value is -3.11. The Morgan fingerprint density at radius 1 is 1.13 bits per heavy atom. The van der Waals surface area contributed by atoms with Crippen molar-refractivity contribution in [1.82, 2.24) is 5.32 Å². The van der Waals surface area contributed by atoms with Crippen molar-refractivity contribution in [3.63, 3.8) is 0 Å². The molecule has 1 saturated heterocycles. The van der Waals surface area contributed by atoms with Gasteiger partial charge in [-0.05, 0) is 48.1 Å². The minimum absolute atomic E-state index is 0.0214. The molecule has 0 spiro atoms. The molecule has 3 rings (SSSR count). The number of imide groups is 1. The molecule has 30 heavy (non-hydrogen) atoms. The van der Waals surface area contributed by atoms with E-state index in [1.54, 1.807) is 0 Å². The lowest BCUT2D eigenvalue weighted by molar-refractivity contribution is -0.138. The van der Waals surface area contributed by atoms with Gasteiger partial charge in [0.05, 0.1) is 35.9 Å². The van der Waals surface area contributed by atoms with E-state index in [2.05, 4.69) is 29.0 Å². The third kappa shape index (κ3) is 4.89. The second kappa shape index (κ2) is 8.72. The lowest BCUT2D eigenvalue weighted by Crippen LogP contribution is -2.44. The Balaban J connectivity index is 1.74. The summed E-state index contributed by atoms with van der Waals surface area (Å²) in [7, 11) is 0. The van der Waals surface area contributed by atoms with E-state index < -0.39 is 54.4 Å². The Labute approximate surface area is 169 Å². The molecule has 2 aliphatic rings. The Kier molecular flexibility index (Phi) is 6.28. The summed E-state index contributed by atoms with van der Waals surface area (Å²) in [4.78, 5) is 24.1. The SMILES string of the molecule is O=C1NC(=O)C(C2CC(O)C(CO)O2)C=C1C#CC#Cc1ccc(C(F)(F)F)cc1. The highest BCUT2D eigenvalue weighted by Crippen LogP contribution is 2.30. The van der Waals surface area contributed by atoms with E-state index in [1.165, 1.54) is 18.2 Å². The molecule has 4 unspecified atom stereocenters. The van der Waals surface area contributed by atoms with E-state index in [-0.39, 0.29) is 12.0 Å². The molecule has 0 bridgehead atoms. The van der Waals surface area contributed by atoms with Crippen LogP contribution in [0.25, 0.3) is 0 Å². The molecule has 1 aromatic rings. The van der Waals surface area contributed by atoms with Crippen molar-refractivity contribution in [2.45, 2.75) is 30.9 Å². The van der Waals surface area contributed by atoms with E-state index in [9.17, 15) is 27.9 Å². The molecule has 6 nitrogen and oxygen atoms in total. The van der Waals surface area contributed by atoms with Gasteiger partial charge < -0.3 is 14.9 Å². The largest absolute Gasteiger partial charge is 0.416 e. The molecule has 0 aliphatic carbocycles.